The number of thiophene rings is 1. The summed E-state index contributed by atoms with van der Waals surface area (Å²) in [6.07, 6.45) is -2.59. The van der Waals surface area contributed by atoms with E-state index in [4.69, 9.17) is 12.2 Å². The van der Waals surface area contributed by atoms with Crippen molar-refractivity contribution in [1.82, 2.24) is 14.8 Å². The number of hydrogen-bond acceptors (Lipinski definition) is 5. The van der Waals surface area contributed by atoms with Crippen LogP contribution >= 0.6 is 23.6 Å². The Kier molecular flexibility index (Phi) is 5.89. The second-order valence-electron chi connectivity index (χ2n) is 7.29. The summed E-state index contributed by atoms with van der Waals surface area (Å²) in [5.74, 6) is 0.0292. The molecule has 0 saturated carbocycles. The molecule has 4 rings (SSSR count). The second kappa shape index (κ2) is 8.46. The second-order valence-corrected chi connectivity index (χ2v) is 8.62. The molecular weight excluding hydrogens is 447 g/mol. The Morgan fingerprint density at radius 3 is 2.68 bits per heavy atom. The lowest BCUT2D eigenvalue weighted by molar-refractivity contribution is -0.137. The van der Waals surface area contributed by atoms with Crippen molar-refractivity contribution >= 4 is 40.8 Å². The summed E-state index contributed by atoms with van der Waals surface area (Å²) in [6, 6.07) is 6.40. The summed E-state index contributed by atoms with van der Waals surface area (Å²) in [6.45, 7) is 3.11. The van der Waals surface area contributed by atoms with Gasteiger partial charge in [-0.2, -0.15) is 18.3 Å². The molecule has 1 atom stereocenters. The number of aromatic nitrogens is 3. The van der Waals surface area contributed by atoms with Gasteiger partial charge in [-0.3, -0.25) is 14.5 Å². The number of anilines is 2. The first-order chi connectivity index (χ1) is 14.8. The molecule has 11 heteroatoms. The molecule has 1 aliphatic heterocycles. The number of nitrogens with one attached hydrogen (secondary N) is 2. The number of amides is 1. The maximum absolute atomic E-state index is 13.3. The Labute approximate surface area is 185 Å². The Morgan fingerprint density at radius 1 is 1.29 bits per heavy atom. The zero-order valence-corrected chi connectivity index (χ0v) is 18.2. The van der Waals surface area contributed by atoms with Gasteiger partial charge >= 0.3 is 6.18 Å². The summed E-state index contributed by atoms with van der Waals surface area (Å²) < 4.78 is 41.7. The molecule has 164 valence electrons. The van der Waals surface area contributed by atoms with Gasteiger partial charge in [0.1, 0.15) is 6.04 Å². The van der Waals surface area contributed by atoms with Gasteiger partial charge in [-0.25, -0.2) is 0 Å². The van der Waals surface area contributed by atoms with Gasteiger partial charge in [0.25, 0.3) is 0 Å². The van der Waals surface area contributed by atoms with E-state index >= 15 is 0 Å². The highest BCUT2D eigenvalue weighted by atomic mass is 32.1. The highest BCUT2D eigenvalue weighted by molar-refractivity contribution is 7.71. The molecule has 0 spiro atoms. The van der Waals surface area contributed by atoms with Crippen molar-refractivity contribution in [1.29, 1.82) is 0 Å². The van der Waals surface area contributed by atoms with E-state index in [0.29, 0.717) is 11.5 Å². The van der Waals surface area contributed by atoms with Crippen LogP contribution in [-0.2, 0) is 11.0 Å². The number of carbonyl (C=O) groups is 1. The molecule has 3 aromatic rings. The monoisotopic (exact) mass is 467 g/mol. The van der Waals surface area contributed by atoms with Gasteiger partial charge in [0, 0.05) is 13.1 Å². The minimum atomic E-state index is -4.51. The first kappa shape index (κ1) is 21.6. The third-order valence-electron chi connectivity index (χ3n) is 5.24. The van der Waals surface area contributed by atoms with E-state index in [1.165, 1.54) is 17.4 Å². The van der Waals surface area contributed by atoms with Crippen LogP contribution in [0.25, 0.3) is 10.7 Å². The standard InChI is InChI=1S/C20H20F3N5OS2/c1-12(28-17(25-26-19(28)30)16-5-4-10-31-16)18(29)24-14-11-13(20(21,22)23)6-7-15(14)27-8-2-3-9-27/h4-7,10-12H,2-3,8-9H2,1H3,(H,24,29)(H,26,30). The normalized spacial score (nSPS) is 15.3. The zero-order valence-electron chi connectivity index (χ0n) is 16.6. The molecule has 1 unspecified atom stereocenters. The molecule has 2 aromatic heterocycles. The van der Waals surface area contributed by atoms with Crippen LogP contribution in [0.2, 0.25) is 0 Å². The lowest BCUT2D eigenvalue weighted by Gasteiger charge is -2.24. The zero-order chi connectivity index (χ0) is 22.2. The number of halogens is 3. The summed E-state index contributed by atoms with van der Waals surface area (Å²) in [7, 11) is 0. The Hall–Kier alpha value is -2.66. The molecule has 1 aliphatic rings. The average Bonchev–Trinajstić information content (AvgIpc) is 3.48. The number of alkyl halides is 3. The highest BCUT2D eigenvalue weighted by Crippen LogP contribution is 2.37. The fourth-order valence-corrected chi connectivity index (χ4v) is 4.64. The Morgan fingerprint density at radius 2 is 2.03 bits per heavy atom. The molecule has 1 aromatic carbocycles. The number of carbonyl (C=O) groups excluding carboxylic acids is 1. The molecule has 1 saturated heterocycles. The maximum Gasteiger partial charge on any atom is 0.416 e. The number of H-pyrrole nitrogens is 1. The van der Waals surface area contributed by atoms with Gasteiger partial charge in [0.15, 0.2) is 10.6 Å². The molecule has 31 heavy (non-hydrogen) atoms. The number of nitrogens with zero attached hydrogens (tertiary/aromatic N) is 3. The SMILES string of the molecule is CC(C(=O)Nc1cc(C(F)(F)F)ccc1N1CCCC1)n1c(-c2cccs2)n[nH]c1=S. The number of hydrogen-bond donors (Lipinski definition) is 2. The fourth-order valence-electron chi connectivity index (χ4n) is 3.64. The third-order valence-corrected chi connectivity index (χ3v) is 6.40. The van der Waals surface area contributed by atoms with E-state index in [9.17, 15) is 18.0 Å². The smallest absolute Gasteiger partial charge is 0.370 e. The number of benzene rings is 1. The maximum atomic E-state index is 13.3. The van der Waals surface area contributed by atoms with E-state index in [0.717, 1.165) is 42.9 Å². The van der Waals surface area contributed by atoms with Crippen LogP contribution in [0.3, 0.4) is 0 Å². The molecule has 3 heterocycles. The van der Waals surface area contributed by atoms with Crippen LogP contribution in [-0.4, -0.2) is 33.8 Å². The molecule has 0 bridgehead atoms. The van der Waals surface area contributed by atoms with Gasteiger partial charge in [0.05, 0.1) is 21.8 Å². The minimum Gasteiger partial charge on any atom is -0.370 e. The lowest BCUT2D eigenvalue weighted by atomic mass is 10.1. The van der Waals surface area contributed by atoms with E-state index in [1.54, 1.807) is 11.5 Å². The van der Waals surface area contributed by atoms with E-state index in [-0.39, 0.29) is 10.5 Å². The van der Waals surface area contributed by atoms with Crippen molar-refractivity contribution in [3.05, 3.63) is 46.0 Å². The van der Waals surface area contributed by atoms with Gasteiger partial charge in [-0.15, -0.1) is 11.3 Å². The molecule has 2 N–H and O–H groups in total. The quantitative estimate of drug-likeness (QED) is 0.487. The van der Waals surface area contributed by atoms with Crippen molar-refractivity contribution in [2.75, 3.05) is 23.3 Å². The number of aromatic amines is 1. The Balaban J connectivity index is 1.67. The first-order valence-electron chi connectivity index (χ1n) is 9.73. The van der Waals surface area contributed by atoms with Crippen LogP contribution in [0.1, 0.15) is 31.4 Å². The van der Waals surface area contributed by atoms with Crippen molar-refractivity contribution < 1.29 is 18.0 Å². The first-order valence-corrected chi connectivity index (χ1v) is 11.0. The minimum absolute atomic E-state index is 0.140. The van der Waals surface area contributed by atoms with Crippen molar-refractivity contribution in [2.24, 2.45) is 0 Å². The average molecular weight is 468 g/mol. The molecule has 1 amide bonds. The van der Waals surface area contributed by atoms with Gasteiger partial charge in [0.2, 0.25) is 5.91 Å². The topological polar surface area (TPSA) is 66.0 Å². The molecule has 0 aliphatic carbocycles. The molecule has 6 nitrogen and oxygen atoms in total. The van der Waals surface area contributed by atoms with Crippen LogP contribution < -0.4 is 10.2 Å². The van der Waals surface area contributed by atoms with Gasteiger partial charge in [-0.1, -0.05) is 6.07 Å². The van der Waals surface area contributed by atoms with Gasteiger partial charge < -0.3 is 10.2 Å². The van der Waals surface area contributed by atoms with Crippen LogP contribution in [0.4, 0.5) is 24.5 Å². The predicted molar refractivity (Wildman–Crippen MR) is 117 cm³/mol. The lowest BCUT2D eigenvalue weighted by Crippen LogP contribution is -2.27. The van der Waals surface area contributed by atoms with E-state index in [1.807, 2.05) is 22.4 Å². The van der Waals surface area contributed by atoms with E-state index in [2.05, 4.69) is 15.5 Å². The van der Waals surface area contributed by atoms with Crippen LogP contribution in [0.5, 0.6) is 0 Å². The Bertz CT molecular complexity index is 1130. The summed E-state index contributed by atoms with van der Waals surface area (Å²) in [5, 5.41) is 11.5. The molecule has 1 fully saturated rings. The molecular formula is C20H20F3N5OS2. The van der Waals surface area contributed by atoms with Crippen molar-refractivity contribution in [2.45, 2.75) is 32.0 Å². The third kappa shape index (κ3) is 4.38. The highest BCUT2D eigenvalue weighted by Gasteiger charge is 2.32. The van der Waals surface area contributed by atoms with Crippen molar-refractivity contribution in [3.8, 4) is 10.7 Å². The summed E-state index contributed by atoms with van der Waals surface area (Å²) >= 11 is 6.75. The fraction of sp³-hybridized carbons (Fsp3) is 0.350. The summed E-state index contributed by atoms with van der Waals surface area (Å²) in [4.78, 5) is 15.9. The van der Waals surface area contributed by atoms with Crippen LogP contribution in [0, 0.1) is 4.77 Å². The van der Waals surface area contributed by atoms with Gasteiger partial charge in [-0.05, 0) is 61.6 Å². The molecule has 0 radical (unpaired) electrons. The summed E-state index contributed by atoms with van der Waals surface area (Å²) in [5.41, 5.74) is -0.0841. The van der Waals surface area contributed by atoms with Crippen LogP contribution in [0.15, 0.2) is 35.7 Å². The number of rotatable bonds is 5. The van der Waals surface area contributed by atoms with E-state index < -0.39 is 23.7 Å². The predicted octanol–water partition coefficient (Wildman–Crippen LogP) is 5.49. The largest absolute Gasteiger partial charge is 0.416 e. The van der Waals surface area contributed by atoms with Crippen molar-refractivity contribution in [3.63, 3.8) is 0 Å².